The lowest BCUT2D eigenvalue weighted by Gasteiger charge is -2.27. The van der Waals surface area contributed by atoms with E-state index in [2.05, 4.69) is 14.7 Å². The van der Waals surface area contributed by atoms with Gasteiger partial charge in [0, 0.05) is 31.4 Å². The van der Waals surface area contributed by atoms with Crippen LogP contribution in [0.4, 0.5) is 13.2 Å². The predicted molar refractivity (Wildman–Crippen MR) is 107 cm³/mol. The second-order valence-corrected chi connectivity index (χ2v) is 7.91. The van der Waals surface area contributed by atoms with Crippen LogP contribution in [0.15, 0.2) is 30.6 Å². The number of rotatable bonds is 7. The molecule has 1 aliphatic rings. The number of nitrogens with zero attached hydrogens (tertiary/aromatic N) is 3. The van der Waals surface area contributed by atoms with Gasteiger partial charge >= 0.3 is 6.36 Å². The fourth-order valence-electron chi connectivity index (χ4n) is 3.50. The summed E-state index contributed by atoms with van der Waals surface area (Å²) >= 11 is 0. The Kier molecular flexibility index (Phi) is 7.22. The molecule has 1 N–H and O–H groups in total. The second kappa shape index (κ2) is 9.69. The van der Waals surface area contributed by atoms with Gasteiger partial charge in [0.25, 0.3) is 0 Å². The van der Waals surface area contributed by atoms with Crippen molar-refractivity contribution < 1.29 is 27.4 Å². The molecule has 7 nitrogen and oxygen atoms in total. The molecule has 0 bridgehead atoms. The smallest absolute Gasteiger partial charge is 0.406 e. The van der Waals surface area contributed by atoms with Gasteiger partial charge in [-0.15, -0.1) is 13.2 Å². The standard InChI is InChI=1S/C21H27F3N4O3/c1-14(2)28-9-18(8-27(11-20(28)29)10-19-15(3)25-13-26-19)30-12-16-4-6-17(7-5-16)31-21(22,23)24/h4-7,13-14,18H,8-12H2,1-3H3,(H,25,26)/t18-/m1/s1. The third kappa shape index (κ3) is 6.70. The van der Waals surface area contributed by atoms with Crippen LogP contribution in [0.2, 0.25) is 0 Å². The topological polar surface area (TPSA) is 70.7 Å². The number of hydrogen-bond acceptors (Lipinski definition) is 5. The van der Waals surface area contributed by atoms with Gasteiger partial charge < -0.3 is 19.4 Å². The molecule has 1 saturated heterocycles. The maximum atomic E-state index is 12.7. The number of H-pyrrole nitrogens is 1. The van der Waals surface area contributed by atoms with E-state index in [0.29, 0.717) is 19.6 Å². The van der Waals surface area contributed by atoms with E-state index in [4.69, 9.17) is 4.74 Å². The van der Waals surface area contributed by atoms with Crippen LogP contribution in [-0.4, -0.2) is 63.8 Å². The number of aryl methyl sites for hydroxylation is 1. The normalized spacial score (nSPS) is 18.5. The number of aromatic nitrogens is 2. The largest absolute Gasteiger partial charge is 0.573 e. The lowest BCUT2D eigenvalue weighted by molar-refractivity contribution is -0.274. The van der Waals surface area contributed by atoms with E-state index in [1.165, 1.54) is 24.3 Å². The van der Waals surface area contributed by atoms with E-state index >= 15 is 0 Å². The van der Waals surface area contributed by atoms with Crippen LogP contribution in [0.1, 0.15) is 30.8 Å². The molecule has 1 aliphatic heterocycles. The van der Waals surface area contributed by atoms with Gasteiger partial charge in [0.15, 0.2) is 0 Å². The average molecular weight is 440 g/mol. The number of imidazole rings is 1. The van der Waals surface area contributed by atoms with Crippen molar-refractivity contribution in [3.63, 3.8) is 0 Å². The predicted octanol–water partition coefficient (Wildman–Crippen LogP) is 3.25. The van der Waals surface area contributed by atoms with Crippen molar-refractivity contribution in [2.45, 2.75) is 52.4 Å². The van der Waals surface area contributed by atoms with Crippen molar-refractivity contribution in [1.29, 1.82) is 0 Å². The van der Waals surface area contributed by atoms with Crippen molar-refractivity contribution in [3.8, 4) is 5.75 Å². The summed E-state index contributed by atoms with van der Waals surface area (Å²) in [6.07, 6.45) is -3.34. The maximum absolute atomic E-state index is 12.7. The Labute approximate surface area is 179 Å². The van der Waals surface area contributed by atoms with E-state index in [0.717, 1.165) is 17.0 Å². The second-order valence-electron chi connectivity index (χ2n) is 7.91. The number of carbonyl (C=O) groups is 1. The third-order valence-electron chi connectivity index (χ3n) is 5.12. The molecular weight excluding hydrogens is 413 g/mol. The summed E-state index contributed by atoms with van der Waals surface area (Å²) in [5.41, 5.74) is 2.55. The molecular formula is C21H27F3N4O3. The molecule has 10 heteroatoms. The SMILES string of the molecule is Cc1[nH]cnc1CN1CC(=O)N(C(C)C)C[C@H](OCc2ccc(OC(F)(F)F)cc2)C1. The minimum atomic E-state index is -4.72. The number of carbonyl (C=O) groups excluding carboxylic acids is 1. The van der Waals surface area contributed by atoms with E-state index in [1.54, 1.807) is 11.2 Å². The molecule has 31 heavy (non-hydrogen) atoms. The minimum Gasteiger partial charge on any atom is -0.406 e. The number of hydrogen-bond donors (Lipinski definition) is 1. The summed E-state index contributed by atoms with van der Waals surface area (Å²) < 4.78 is 46.9. The molecule has 0 unspecified atom stereocenters. The Hall–Kier alpha value is -2.59. The first-order valence-electron chi connectivity index (χ1n) is 10.1. The highest BCUT2D eigenvalue weighted by molar-refractivity contribution is 5.79. The average Bonchev–Trinajstić information content (AvgIpc) is 2.99. The van der Waals surface area contributed by atoms with Crippen molar-refractivity contribution in [2.75, 3.05) is 19.6 Å². The van der Waals surface area contributed by atoms with Crippen molar-refractivity contribution in [3.05, 3.63) is 47.5 Å². The maximum Gasteiger partial charge on any atom is 0.573 e. The molecule has 0 radical (unpaired) electrons. The molecule has 1 aromatic carbocycles. The number of alkyl halides is 3. The Balaban J connectivity index is 1.65. The molecule has 1 atom stereocenters. The summed E-state index contributed by atoms with van der Waals surface area (Å²) in [5, 5.41) is 0. The Morgan fingerprint density at radius 2 is 1.94 bits per heavy atom. The van der Waals surface area contributed by atoms with Crippen molar-refractivity contribution >= 4 is 5.91 Å². The lowest BCUT2D eigenvalue weighted by Crippen LogP contribution is -2.42. The molecule has 0 saturated carbocycles. The highest BCUT2D eigenvalue weighted by atomic mass is 19.4. The van der Waals surface area contributed by atoms with Crippen LogP contribution < -0.4 is 4.74 Å². The summed E-state index contributed by atoms with van der Waals surface area (Å²) in [4.78, 5) is 23.9. The third-order valence-corrected chi connectivity index (χ3v) is 5.12. The van der Waals surface area contributed by atoms with Gasteiger partial charge in [-0.25, -0.2) is 4.98 Å². The highest BCUT2D eigenvalue weighted by Crippen LogP contribution is 2.23. The van der Waals surface area contributed by atoms with Crippen LogP contribution in [0.5, 0.6) is 5.75 Å². The molecule has 2 aromatic rings. The molecule has 2 heterocycles. The lowest BCUT2D eigenvalue weighted by atomic mass is 10.2. The molecule has 1 amide bonds. The van der Waals surface area contributed by atoms with Gasteiger partial charge in [0.2, 0.25) is 5.91 Å². The number of benzene rings is 1. The van der Waals surface area contributed by atoms with Gasteiger partial charge in [-0.2, -0.15) is 0 Å². The fourth-order valence-corrected chi connectivity index (χ4v) is 3.50. The van der Waals surface area contributed by atoms with Crippen LogP contribution in [-0.2, 0) is 22.7 Å². The number of ether oxygens (including phenoxy) is 2. The fraction of sp³-hybridized carbons (Fsp3) is 0.524. The van der Waals surface area contributed by atoms with Gasteiger partial charge in [-0.1, -0.05) is 12.1 Å². The van der Waals surface area contributed by atoms with Gasteiger partial charge in [-0.3, -0.25) is 9.69 Å². The molecule has 0 spiro atoms. The first-order chi connectivity index (χ1) is 14.6. The summed E-state index contributed by atoms with van der Waals surface area (Å²) in [5.74, 6) is -0.245. The van der Waals surface area contributed by atoms with E-state index < -0.39 is 6.36 Å². The summed E-state index contributed by atoms with van der Waals surface area (Å²) in [6.45, 7) is 7.85. The molecule has 3 rings (SSSR count). The monoisotopic (exact) mass is 440 g/mol. The molecule has 0 aliphatic carbocycles. The van der Waals surface area contributed by atoms with Crippen LogP contribution >= 0.6 is 0 Å². The number of aromatic amines is 1. The summed E-state index contributed by atoms with van der Waals surface area (Å²) in [7, 11) is 0. The Morgan fingerprint density at radius 1 is 1.23 bits per heavy atom. The molecule has 170 valence electrons. The van der Waals surface area contributed by atoms with E-state index in [-0.39, 0.29) is 37.0 Å². The first-order valence-corrected chi connectivity index (χ1v) is 10.1. The minimum absolute atomic E-state index is 0.0305. The van der Waals surface area contributed by atoms with Crippen molar-refractivity contribution in [2.24, 2.45) is 0 Å². The Morgan fingerprint density at radius 3 is 2.52 bits per heavy atom. The van der Waals surface area contributed by atoms with Gasteiger partial charge in [-0.05, 0) is 38.5 Å². The number of nitrogens with one attached hydrogen (secondary N) is 1. The van der Waals surface area contributed by atoms with Crippen LogP contribution in [0.25, 0.3) is 0 Å². The number of halogens is 3. The highest BCUT2D eigenvalue weighted by Gasteiger charge is 2.31. The zero-order valence-electron chi connectivity index (χ0n) is 17.8. The van der Waals surface area contributed by atoms with Crippen molar-refractivity contribution in [1.82, 2.24) is 19.8 Å². The zero-order valence-corrected chi connectivity index (χ0v) is 17.8. The Bertz CT molecular complexity index is 868. The summed E-state index contributed by atoms with van der Waals surface area (Å²) in [6, 6.07) is 5.62. The zero-order chi connectivity index (χ0) is 22.6. The van der Waals surface area contributed by atoms with Crippen LogP contribution in [0.3, 0.4) is 0 Å². The molecule has 1 fully saturated rings. The molecule has 1 aromatic heterocycles. The quantitative estimate of drug-likeness (QED) is 0.716. The first kappa shape index (κ1) is 23.1. The van der Waals surface area contributed by atoms with Crippen LogP contribution in [0, 0.1) is 6.92 Å². The van der Waals surface area contributed by atoms with E-state index in [9.17, 15) is 18.0 Å². The number of amides is 1. The van der Waals surface area contributed by atoms with Gasteiger partial charge in [0.1, 0.15) is 5.75 Å². The van der Waals surface area contributed by atoms with Gasteiger partial charge in [0.05, 0.1) is 31.3 Å². The van der Waals surface area contributed by atoms with E-state index in [1.807, 2.05) is 25.7 Å².